The van der Waals surface area contributed by atoms with E-state index in [0.717, 1.165) is 51.4 Å². The molecule has 3 fully saturated rings. The first-order valence-electron chi connectivity index (χ1n) is 16.9. The Morgan fingerprint density at radius 3 is 2.20 bits per heavy atom. The third-order valence-corrected chi connectivity index (χ3v) is 10.4. The van der Waals surface area contributed by atoms with Gasteiger partial charge < -0.3 is 19.9 Å². The summed E-state index contributed by atoms with van der Waals surface area (Å²) >= 11 is 6.11. The van der Waals surface area contributed by atoms with Crippen molar-refractivity contribution in [3.63, 3.8) is 0 Å². The van der Waals surface area contributed by atoms with E-state index in [1.807, 2.05) is 0 Å². The number of hydrogen-bond acceptors (Lipinski definition) is 9. The highest BCUT2D eigenvalue weighted by Crippen LogP contribution is 2.42. The molecule has 1 saturated heterocycles. The number of esters is 2. The summed E-state index contributed by atoms with van der Waals surface area (Å²) in [4.78, 5) is 39.4. The van der Waals surface area contributed by atoms with Crippen LogP contribution < -0.4 is 5.73 Å². The van der Waals surface area contributed by atoms with E-state index < -0.39 is 17.9 Å². The summed E-state index contributed by atoms with van der Waals surface area (Å²) in [5.41, 5.74) is 5.30. The Morgan fingerprint density at radius 2 is 1.62 bits per heavy atom. The van der Waals surface area contributed by atoms with Crippen LogP contribution >= 0.6 is 11.6 Å². The maximum Gasteiger partial charge on any atom is 0.309 e. The van der Waals surface area contributed by atoms with Gasteiger partial charge in [-0.05, 0) is 74.8 Å². The van der Waals surface area contributed by atoms with Crippen molar-refractivity contribution < 1.29 is 23.8 Å². The number of fused-ring (bicyclic) bond motifs is 1. The smallest absolute Gasteiger partial charge is 0.309 e. The Hall–Kier alpha value is -2.90. The Balaban J connectivity index is 1.30. The molecule has 2 aromatic heterocycles. The predicted molar refractivity (Wildman–Crippen MR) is 172 cm³/mol. The van der Waals surface area contributed by atoms with Crippen molar-refractivity contribution in [2.75, 3.05) is 12.3 Å². The number of unbranched alkanes of at least 4 members (excludes halogenated alkanes) is 2. The lowest BCUT2D eigenvalue weighted by molar-refractivity contribution is -0.172. The quantitative estimate of drug-likeness (QED) is 0.151. The highest BCUT2D eigenvalue weighted by molar-refractivity contribution is 6.28. The van der Waals surface area contributed by atoms with Crippen LogP contribution in [0, 0.1) is 36.0 Å². The van der Waals surface area contributed by atoms with Crippen LogP contribution in [0.4, 0.5) is 5.82 Å². The van der Waals surface area contributed by atoms with E-state index in [9.17, 15) is 9.59 Å². The molecule has 5 rings (SSSR count). The van der Waals surface area contributed by atoms with E-state index in [2.05, 4.69) is 34.7 Å². The van der Waals surface area contributed by atoms with Crippen LogP contribution in [0.2, 0.25) is 5.28 Å². The van der Waals surface area contributed by atoms with Crippen LogP contribution in [0.5, 0.6) is 0 Å². The first-order chi connectivity index (χ1) is 21.8. The second-order valence-electron chi connectivity index (χ2n) is 13.3. The fourth-order valence-electron chi connectivity index (χ4n) is 7.36. The van der Waals surface area contributed by atoms with Gasteiger partial charge in [0.15, 0.2) is 11.5 Å². The molecule has 11 heteroatoms. The fourth-order valence-corrected chi connectivity index (χ4v) is 7.53. The number of carbonyl (C=O) groups excluding carboxylic acids is 2. The van der Waals surface area contributed by atoms with E-state index >= 15 is 0 Å². The Morgan fingerprint density at radius 1 is 1.02 bits per heavy atom. The molecule has 246 valence electrons. The number of nitrogens with zero attached hydrogens (tertiary/aromatic N) is 4. The van der Waals surface area contributed by atoms with Gasteiger partial charge in [0.05, 0.1) is 18.2 Å². The molecular formula is C34H48ClN5O5. The van der Waals surface area contributed by atoms with Crippen molar-refractivity contribution in [1.29, 1.82) is 0 Å². The zero-order valence-corrected chi connectivity index (χ0v) is 27.5. The standard InChI is InChI=1S/C34H48ClN5O5/c1-4-7-9-22-11-15-24(16-12-22)31(41)43-20-34(6-3)26(44-32(42)25-17-13-23(14-18-25)10-8-5-2)19-27(45-34)40-21-37-28-29(36)38-33(35)39-30(28)40/h3,21-27H,4-5,7-20H2,1-2H3,(H2,36,38,39)/t22-,23-,24-,25-,26-,27+,34+/m0/s1. The summed E-state index contributed by atoms with van der Waals surface area (Å²) < 4.78 is 20.2. The van der Waals surface area contributed by atoms with Crippen LogP contribution in [0.15, 0.2) is 6.33 Å². The van der Waals surface area contributed by atoms with Crippen molar-refractivity contribution in [1.82, 2.24) is 19.5 Å². The van der Waals surface area contributed by atoms with E-state index in [-0.39, 0.29) is 47.9 Å². The summed E-state index contributed by atoms with van der Waals surface area (Å²) in [6, 6.07) is 0. The molecular weight excluding hydrogens is 594 g/mol. The zero-order valence-electron chi connectivity index (χ0n) is 26.7. The SMILES string of the molecule is C#C[C@]1(COC(=O)[C@H]2CC[C@H](CCCC)CC2)O[C@@H](n2cnc3c(N)nc(Cl)nc32)C[C@@H]1OC(=O)[C@H]1CC[C@H](CCCC)CC1. The molecule has 2 aromatic rings. The van der Waals surface area contributed by atoms with Crippen molar-refractivity contribution in [3.05, 3.63) is 11.6 Å². The van der Waals surface area contributed by atoms with Gasteiger partial charge in [-0.25, -0.2) is 4.98 Å². The van der Waals surface area contributed by atoms with Gasteiger partial charge in [-0.2, -0.15) is 9.97 Å². The summed E-state index contributed by atoms with van der Waals surface area (Å²) in [6.07, 6.45) is 20.9. The molecule has 0 unspecified atom stereocenters. The molecule has 3 atom stereocenters. The first kappa shape index (κ1) is 33.5. The molecule has 1 aliphatic heterocycles. The Kier molecular flexibility index (Phi) is 11.2. The van der Waals surface area contributed by atoms with E-state index in [0.29, 0.717) is 23.0 Å². The minimum Gasteiger partial charge on any atom is -0.461 e. The number of halogens is 1. The molecule has 10 nitrogen and oxygen atoms in total. The normalized spacial score (nSPS) is 30.2. The predicted octanol–water partition coefficient (Wildman–Crippen LogP) is 6.80. The van der Waals surface area contributed by atoms with Gasteiger partial charge in [-0.3, -0.25) is 14.2 Å². The molecule has 0 radical (unpaired) electrons. The van der Waals surface area contributed by atoms with Crippen molar-refractivity contribution in [3.8, 4) is 12.3 Å². The molecule has 2 saturated carbocycles. The van der Waals surface area contributed by atoms with Crippen LogP contribution in [-0.4, -0.2) is 49.8 Å². The summed E-state index contributed by atoms with van der Waals surface area (Å²) in [6.45, 7) is 4.19. The topological polar surface area (TPSA) is 131 Å². The third-order valence-electron chi connectivity index (χ3n) is 10.2. The second kappa shape index (κ2) is 15.1. The minimum absolute atomic E-state index is 0.0289. The minimum atomic E-state index is -1.48. The van der Waals surface area contributed by atoms with Gasteiger partial charge in [-0.1, -0.05) is 58.3 Å². The van der Waals surface area contributed by atoms with Crippen molar-refractivity contribution >= 4 is 40.5 Å². The maximum absolute atomic E-state index is 13.5. The largest absolute Gasteiger partial charge is 0.461 e. The molecule has 0 aromatic carbocycles. The van der Waals surface area contributed by atoms with Gasteiger partial charge in [0.25, 0.3) is 0 Å². The molecule has 0 spiro atoms. The number of imidazole rings is 1. The average molecular weight is 642 g/mol. The maximum atomic E-state index is 13.5. The molecule has 0 amide bonds. The number of ether oxygens (including phenoxy) is 3. The molecule has 2 aliphatic carbocycles. The van der Waals surface area contributed by atoms with Crippen molar-refractivity contribution in [2.45, 2.75) is 128 Å². The summed E-state index contributed by atoms with van der Waals surface area (Å²) in [5.74, 6) is 3.28. The lowest BCUT2D eigenvalue weighted by atomic mass is 9.80. The van der Waals surface area contributed by atoms with Crippen LogP contribution in [0.3, 0.4) is 0 Å². The Labute approximate surface area is 271 Å². The third kappa shape index (κ3) is 7.74. The number of nitrogen functional groups attached to an aromatic ring is 1. The van der Waals surface area contributed by atoms with Gasteiger partial charge in [-0.15, -0.1) is 6.42 Å². The van der Waals surface area contributed by atoms with E-state index in [1.54, 1.807) is 4.57 Å². The van der Waals surface area contributed by atoms with Crippen LogP contribution in [-0.2, 0) is 23.8 Å². The number of anilines is 1. The lowest BCUT2D eigenvalue weighted by Crippen LogP contribution is -2.46. The highest BCUT2D eigenvalue weighted by Gasteiger charge is 2.53. The van der Waals surface area contributed by atoms with Gasteiger partial charge >= 0.3 is 11.9 Å². The fraction of sp³-hybridized carbons (Fsp3) is 0.735. The van der Waals surface area contributed by atoms with Crippen molar-refractivity contribution in [2.24, 2.45) is 23.7 Å². The number of aromatic nitrogens is 4. The number of rotatable bonds is 12. The molecule has 0 bridgehead atoms. The van der Waals surface area contributed by atoms with E-state index in [1.165, 1.54) is 44.9 Å². The monoisotopic (exact) mass is 641 g/mol. The number of terminal acetylenes is 1. The first-order valence-corrected chi connectivity index (χ1v) is 17.3. The number of carbonyl (C=O) groups is 2. The average Bonchev–Trinajstić information content (AvgIpc) is 3.64. The zero-order chi connectivity index (χ0) is 32.0. The van der Waals surface area contributed by atoms with Gasteiger partial charge in [0, 0.05) is 6.42 Å². The molecule has 3 heterocycles. The lowest BCUT2D eigenvalue weighted by Gasteiger charge is -2.32. The van der Waals surface area contributed by atoms with E-state index in [4.69, 9.17) is 38.0 Å². The molecule has 45 heavy (non-hydrogen) atoms. The number of nitrogens with two attached hydrogens (primary N) is 1. The Bertz CT molecular complexity index is 1360. The number of hydrogen-bond donors (Lipinski definition) is 1. The van der Waals surface area contributed by atoms with Gasteiger partial charge in [0.2, 0.25) is 10.9 Å². The summed E-state index contributed by atoms with van der Waals surface area (Å²) in [5, 5.41) is -0.0289. The highest BCUT2D eigenvalue weighted by atomic mass is 35.5. The molecule has 3 aliphatic rings. The van der Waals surface area contributed by atoms with Crippen LogP contribution in [0.25, 0.3) is 11.2 Å². The van der Waals surface area contributed by atoms with Gasteiger partial charge in [0.1, 0.15) is 24.5 Å². The molecule has 2 N–H and O–H groups in total. The van der Waals surface area contributed by atoms with Crippen LogP contribution in [0.1, 0.15) is 116 Å². The summed E-state index contributed by atoms with van der Waals surface area (Å²) in [7, 11) is 0. The second-order valence-corrected chi connectivity index (χ2v) is 13.6.